The molecule has 3 nitrogen and oxygen atoms in total. The van der Waals surface area contributed by atoms with E-state index in [1.54, 1.807) is 12.1 Å². The molecule has 0 aliphatic carbocycles. The molecule has 0 saturated heterocycles. The third-order valence-electron chi connectivity index (χ3n) is 2.34. The Hall–Kier alpha value is -0.770. The first-order valence-electron chi connectivity index (χ1n) is 4.72. The van der Waals surface area contributed by atoms with E-state index in [1.165, 1.54) is 13.0 Å². The van der Waals surface area contributed by atoms with Crippen LogP contribution in [0.5, 0.6) is 0 Å². The first-order chi connectivity index (χ1) is 7.33. The van der Waals surface area contributed by atoms with E-state index in [1.807, 2.05) is 0 Å². The third-order valence-corrected chi connectivity index (χ3v) is 2.88. The van der Waals surface area contributed by atoms with Gasteiger partial charge in [0.25, 0.3) is 0 Å². The number of carboxylic acid groups (broad SMARTS) is 1. The molecule has 0 aromatic heterocycles. The van der Waals surface area contributed by atoms with Gasteiger partial charge in [0.15, 0.2) is 0 Å². The number of hydrogen-bond acceptors (Lipinski definition) is 2. The SMILES string of the molecule is CC(O)(CCC(=O)O)c1ccc(Cl)cc1Cl. The van der Waals surface area contributed by atoms with E-state index in [2.05, 4.69) is 0 Å². The maximum Gasteiger partial charge on any atom is 0.303 e. The van der Waals surface area contributed by atoms with Gasteiger partial charge in [0.2, 0.25) is 0 Å². The lowest BCUT2D eigenvalue weighted by Gasteiger charge is -2.24. The van der Waals surface area contributed by atoms with Gasteiger partial charge in [0.05, 0.1) is 5.60 Å². The fourth-order valence-corrected chi connectivity index (χ4v) is 2.02. The summed E-state index contributed by atoms with van der Waals surface area (Å²) in [5.41, 5.74) is -0.778. The van der Waals surface area contributed by atoms with E-state index in [0.29, 0.717) is 15.6 Å². The van der Waals surface area contributed by atoms with Crippen molar-refractivity contribution in [2.45, 2.75) is 25.4 Å². The summed E-state index contributed by atoms with van der Waals surface area (Å²) in [5.74, 6) is -0.953. The molecule has 16 heavy (non-hydrogen) atoms. The quantitative estimate of drug-likeness (QED) is 0.877. The molecule has 1 aromatic carbocycles. The number of rotatable bonds is 4. The van der Waals surface area contributed by atoms with Crippen molar-refractivity contribution in [2.24, 2.45) is 0 Å². The molecule has 0 fully saturated rings. The Morgan fingerprint density at radius 2 is 2.06 bits per heavy atom. The van der Waals surface area contributed by atoms with Crippen molar-refractivity contribution in [3.8, 4) is 0 Å². The lowest BCUT2D eigenvalue weighted by Crippen LogP contribution is -2.22. The Balaban J connectivity index is 2.92. The van der Waals surface area contributed by atoms with Crippen LogP contribution in [0.3, 0.4) is 0 Å². The highest BCUT2D eigenvalue weighted by Gasteiger charge is 2.26. The molecule has 0 spiro atoms. The van der Waals surface area contributed by atoms with Crippen LogP contribution in [0.25, 0.3) is 0 Å². The Morgan fingerprint density at radius 1 is 1.44 bits per heavy atom. The van der Waals surface area contributed by atoms with Crippen molar-refractivity contribution in [1.29, 1.82) is 0 Å². The second-order valence-electron chi connectivity index (χ2n) is 3.79. The summed E-state index contributed by atoms with van der Waals surface area (Å²) in [7, 11) is 0. The number of carbonyl (C=O) groups is 1. The number of aliphatic hydroxyl groups is 1. The van der Waals surface area contributed by atoms with Crippen molar-refractivity contribution < 1.29 is 15.0 Å². The van der Waals surface area contributed by atoms with Crippen LogP contribution in [0.1, 0.15) is 25.3 Å². The second kappa shape index (κ2) is 5.04. The van der Waals surface area contributed by atoms with Gasteiger partial charge in [-0.3, -0.25) is 4.79 Å². The van der Waals surface area contributed by atoms with Crippen LogP contribution in [-0.2, 0) is 10.4 Å². The van der Waals surface area contributed by atoms with Gasteiger partial charge in [-0.2, -0.15) is 0 Å². The number of benzene rings is 1. The zero-order valence-corrected chi connectivity index (χ0v) is 10.2. The van der Waals surface area contributed by atoms with E-state index >= 15 is 0 Å². The van der Waals surface area contributed by atoms with Gasteiger partial charge in [-0.15, -0.1) is 0 Å². The number of halogens is 2. The summed E-state index contributed by atoms with van der Waals surface area (Å²) in [6.45, 7) is 1.53. The molecule has 1 unspecified atom stereocenters. The predicted octanol–water partition coefficient (Wildman–Crippen LogP) is 3.07. The first-order valence-corrected chi connectivity index (χ1v) is 5.48. The summed E-state index contributed by atoms with van der Waals surface area (Å²) in [4.78, 5) is 10.5. The van der Waals surface area contributed by atoms with Crippen molar-refractivity contribution in [3.05, 3.63) is 33.8 Å². The Kier molecular flexibility index (Phi) is 4.19. The van der Waals surface area contributed by atoms with E-state index in [9.17, 15) is 9.90 Å². The third kappa shape index (κ3) is 3.37. The van der Waals surface area contributed by atoms with Crippen LogP contribution in [0.4, 0.5) is 0 Å². The maximum atomic E-state index is 10.5. The van der Waals surface area contributed by atoms with Crippen LogP contribution in [0, 0.1) is 0 Å². The number of carboxylic acids is 1. The van der Waals surface area contributed by atoms with Crippen molar-refractivity contribution in [2.75, 3.05) is 0 Å². The van der Waals surface area contributed by atoms with Crippen LogP contribution in [-0.4, -0.2) is 16.2 Å². The summed E-state index contributed by atoms with van der Waals surface area (Å²) in [6, 6.07) is 4.73. The fraction of sp³-hybridized carbons (Fsp3) is 0.364. The van der Waals surface area contributed by atoms with Gasteiger partial charge in [-0.05, 0) is 25.5 Å². The molecule has 0 radical (unpaired) electrons. The second-order valence-corrected chi connectivity index (χ2v) is 4.64. The van der Waals surface area contributed by atoms with E-state index < -0.39 is 11.6 Å². The lowest BCUT2D eigenvalue weighted by atomic mass is 9.91. The lowest BCUT2D eigenvalue weighted by molar-refractivity contribution is -0.138. The van der Waals surface area contributed by atoms with Crippen LogP contribution in [0.2, 0.25) is 10.0 Å². The fourth-order valence-electron chi connectivity index (χ4n) is 1.41. The Labute approximate surface area is 104 Å². The Bertz CT molecular complexity index is 402. The van der Waals surface area contributed by atoms with Gasteiger partial charge in [-0.25, -0.2) is 0 Å². The standard InChI is InChI=1S/C11H12Cl2O3/c1-11(16,5-4-10(14)15)8-3-2-7(12)6-9(8)13/h2-3,6,16H,4-5H2,1H3,(H,14,15). The van der Waals surface area contributed by atoms with Gasteiger partial charge in [0, 0.05) is 22.0 Å². The average molecular weight is 263 g/mol. The largest absolute Gasteiger partial charge is 0.481 e. The molecule has 1 rings (SSSR count). The molecule has 2 N–H and O–H groups in total. The van der Waals surface area contributed by atoms with Gasteiger partial charge in [-0.1, -0.05) is 29.3 Å². The molecule has 1 atom stereocenters. The molecule has 0 saturated carbocycles. The molecule has 88 valence electrons. The van der Waals surface area contributed by atoms with Crippen LogP contribution in [0.15, 0.2) is 18.2 Å². The molecule has 0 heterocycles. The molecular weight excluding hydrogens is 251 g/mol. The van der Waals surface area contributed by atoms with E-state index in [4.69, 9.17) is 28.3 Å². The molecule has 1 aromatic rings. The molecule has 5 heteroatoms. The average Bonchev–Trinajstić information content (AvgIpc) is 2.14. The van der Waals surface area contributed by atoms with Crippen molar-refractivity contribution >= 4 is 29.2 Å². The first kappa shape index (κ1) is 13.3. The summed E-state index contributed by atoms with van der Waals surface area (Å²) < 4.78 is 0. The highest BCUT2D eigenvalue weighted by atomic mass is 35.5. The molecule has 0 amide bonds. The minimum Gasteiger partial charge on any atom is -0.481 e. The van der Waals surface area contributed by atoms with Crippen LogP contribution < -0.4 is 0 Å². The highest BCUT2D eigenvalue weighted by Crippen LogP contribution is 2.33. The molecule has 0 aliphatic heterocycles. The topological polar surface area (TPSA) is 57.5 Å². The van der Waals surface area contributed by atoms with Crippen molar-refractivity contribution in [3.63, 3.8) is 0 Å². The minimum absolute atomic E-state index is 0.101. The predicted molar refractivity (Wildman–Crippen MR) is 62.9 cm³/mol. The van der Waals surface area contributed by atoms with E-state index in [0.717, 1.165) is 0 Å². The number of hydrogen-bond donors (Lipinski definition) is 2. The number of aliphatic carboxylic acids is 1. The summed E-state index contributed by atoms with van der Waals surface area (Å²) in [5, 5.41) is 19.5. The highest BCUT2D eigenvalue weighted by molar-refractivity contribution is 6.35. The molecule has 0 aliphatic rings. The zero-order valence-electron chi connectivity index (χ0n) is 8.70. The molecule has 0 bridgehead atoms. The molecular formula is C11H12Cl2O3. The smallest absolute Gasteiger partial charge is 0.303 e. The maximum absolute atomic E-state index is 10.5. The van der Waals surface area contributed by atoms with Gasteiger partial charge < -0.3 is 10.2 Å². The van der Waals surface area contributed by atoms with Gasteiger partial charge in [0.1, 0.15) is 0 Å². The van der Waals surface area contributed by atoms with Gasteiger partial charge >= 0.3 is 5.97 Å². The van der Waals surface area contributed by atoms with E-state index in [-0.39, 0.29) is 12.8 Å². The monoisotopic (exact) mass is 262 g/mol. The normalized spacial score (nSPS) is 14.5. The summed E-state index contributed by atoms with van der Waals surface area (Å²) >= 11 is 11.7. The summed E-state index contributed by atoms with van der Waals surface area (Å²) in [6.07, 6.45) is -0.0182. The minimum atomic E-state index is -1.26. The Morgan fingerprint density at radius 3 is 2.56 bits per heavy atom. The van der Waals surface area contributed by atoms with Crippen molar-refractivity contribution in [1.82, 2.24) is 0 Å². The zero-order chi connectivity index (χ0) is 12.3. The van der Waals surface area contributed by atoms with Crippen LogP contribution >= 0.6 is 23.2 Å².